The Morgan fingerprint density at radius 3 is 2.67 bits per heavy atom. The number of aromatic nitrogens is 3. The van der Waals surface area contributed by atoms with Crippen LogP contribution >= 0.6 is 0 Å². The molecular formula is C18H18N4O2. The van der Waals surface area contributed by atoms with Crippen molar-refractivity contribution in [2.75, 3.05) is 13.6 Å². The molecule has 1 aromatic carbocycles. The van der Waals surface area contributed by atoms with E-state index in [2.05, 4.69) is 15.1 Å². The van der Waals surface area contributed by atoms with Crippen LogP contribution in [0, 0.1) is 6.92 Å². The van der Waals surface area contributed by atoms with Gasteiger partial charge in [-0.15, -0.1) is 0 Å². The number of nitrogens with zero attached hydrogens (tertiary/aromatic N) is 4. The van der Waals surface area contributed by atoms with Gasteiger partial charge in [0.15, 0.2) is 5.82 Å². The number of carbonyl (C=O) groups is 1. The lowest BCUT2D eigenvalue weighted by atomic mass is 10.1. The summed E-state index contributed by atoms with van der Waals surface area (Å²) in [5.41, 5.74) is 2.15. The van der Waals surface area contributed by atoms with Crippen molar-refractivity contribution >= 4 is 5.91 Å². The van der Waals surface area contributed by atoms with Gasteiger partial charge in [0.1, 0.15) is 0 Å². The fourth-order valence-electron chi connectivity index (χ4n) is 2.40. The van der Waals surface area contributed by atoms with E-state index >= 15 is 0 Å². The first kappa shape index (κ1) is 15.9. The minimum Gasteiger partial charge on any atom is -0.341 e. The summed E-state index contributed by atoms with van der Waals surface area (Å²) in [7, 11) is 1.78. The molecule has 6 nitrogen and oxygen atoms in total. The molecule has 0 aliphatic rings. The maximum absolute atomic E-state index is 12.8. The number of rotatable bonds is 5. The largest absolute Gasteiger partial charge is 0.341 e. The van der Waals surface area contributed by atoms with Crippen molar-refractivity contribution in [3.05, 3.63) is 65.7 Å². The van der Waals surface area contributed by atoms with E-state index in [0.29, 0.717) is 35.8 Å². The Bertz CT molecular complexity index is 830. The summed E-state index contributed by atoms with van der Waals surface area (Å²) >= 11 is 0. The smallest absolute Gasteiger partial charge is 0.258 e. The lowest BCUT2D eigenvalue weighted by Crippen LogP contribution is -2.29. The second-order valence-corrected chi connectivity index (χ2v) is 5.49. The Hall–Kier alpha value is -3.02. The van der Waals surface area contributed by atoms with Crippen LogP contribution in [0.4, 0.5) is 0 Å². The molecule has 0 aliphatic heterocycles. The molecule has 0 bridgehead atoms. The number of amides is 1. The third-order valence-electron chi connectivity index (χ3n) is 3.69. The minimum absolute atomic E-state index is 0.0858. The van der Waals surface area contributed by atoms with E-state index in [0.717, 1.165) is 5.69 Å². The van der Waals surface area contributed by atoms with Gasteiger partial charge in [0, 0.05) is 31.9 Å². The number of likely N-dealkylation sites (N-methyl/N-ethyl adjacent to an activating group) is 1. The van der Waals surface area contributed by atoms with Crippen LogP contribution in [0.15, 0.2) is 53.2 Å². The van der Waals surface area contributed by atoms with Gasteiger partial charge in [-0.2, -0.15) is 4.98 Å². The third-order valence-corrected chi connectivity index (χ3v) is 3.69. The van der Waals surface area contributed by atoms with Gasteiger partial charge in [-0.05, 0) is 31.2 Å². The van der Waals surface area contributed by atoms with Gasteiger partial charge in [-0.1, -0.05) is 23.4 Å². The summed E-state index contributed by atoms with van der Waals surface area (Å²) in [6.07, 6.45) is 2.45. The van der Waals surface area contributed by atoms with Crippen LogP contribution in [0.3, 0.4) is 0 Å². The highest BCUT2D eigenvalue weighted by Crippen LogP contribution is 2.23. The van der Waals surface area contributed by atoms with Gasteiger partial charge in [0.05, 0.1) is 11.1 Å². The molecule has 0 unspecified atom stereocenters. The highest BCUT2D eigenvalue weighted by molar-refractivity contribution is 5.99. The number of hydrogen-bond acceptors (Lipinski definition) is 5. The van der Waals surface area contributed by atoms with Crippen molar-refractivity contribution in [1.29, 1.82) is 0 Å². The molecule has 3 aromatic rings. The maximum Gasteiger partial charge on any atom is 0.258 e. The molecule has 1 amide bonds. The normalized spacial score (nSPS) is 10.6. The summed E-state index contributed by atoms with van der Waals surface area (Å²) in [6, 6.07) is 13.0. The predicted octanol–water partition coefficient (Wildman–Crippen LogP) is 2.75. The number of aryl methyl sites for hydroxylation is 1. The summed E-state index contributed by atoms with van der Waals surface area (Å²) in [6.45, 7) is 2.32. The number of benzene rings is 1. The SMILES string of the molecule is Cc1noc(-c2ccccc2C(=O)N(C)CCc2ccccn2)n1. The molecule has 0 atom stereocenters. The van der Waals surface area contributed by atoms with Crippen LogP contribution in [0.2, 0.25) is 0 Å². The van der Waals surface area contributed by atoms with Crippen LogP contribution in [0.1, 0.15) is 21.9 Å². The average Bonchev–Trinajstić information content (AvgIpc) is 3.06. The Labute approximate surface area is 140 Å². The Kier molecular flexibility index (Phi) is 4.65. The monoisotopic (exact) mass is 322 g/mol. The lowest BCUT2D eigenvalue weighted by molar-refractivity contribution is 0.0797. The summed E-state index contributed by atoms with van der Waals surface area (Å²) in [4.78, 5) is 23.0. The fourth-order valence-corrected chi connectivity index (χ4v) is 2.40. The quantitative estimate of drug-likeness (QED) is 0.722. The van der Waals surface area contributed by atoms with E-state index in [4.69, 9.17) is 4.52 Å². The topological polar surface area (TPSA) is 72.1 Å². The second-order valence-electron chi connectivity index (χ2n) is 5.49. The van der Waals surface area contributed by atoms with Crippen molar-refractivity contribution in [2.45, 2.75) is 13.3 Å². The molecule has 3 rings (SSSR count). The van der Waals surface area contributed by atoms with Crippen molar-refractivity contribution in [3.63, 3.8) is 0 Å². The van der Waals surface area contributed by atoms with Gasteiger partial charge < -0.3 is 9.42 Å². The molecule has 0 aliphatic carbocycles. The average molecular weight is 322 g/mol. The van der Waals surface area contributed by atoms with Gasteiger partial charge in [-0.3, -0.25) is 9.78 Å². The van der Waals surface area contributed by atoms with Crippen molar-refractivity contribution in [3.8, 4) is 11.5 Å². The number of pyridine rings is 1. The number of carbonyl (C=O) groups excluding carboxylic acids is 1. The van der Waals surface area contributed by atoms with Crippen LogP contribution < -0.4 is 0 Å². The summed E-state index contributed by atoms with van der Waals surface area (Å²) < 4.78 is 5.21. The molecule has 2 aromatic heterocycles. The molecule has 2 heterocycles. The van der Waals surface area contributed by atoms with E-state index in [-0.39, 0.29) is 5.91 Å². The first-order chi connectivity index (χ1) is 11.6. The highest BCUT2D eigenvalue weighted by Gasteiger charge is 2.19. The van der Waals surface area contributed by atoms with Gasteiger partial charge in [-0.25, -0.2) is 0 Å². The van der Waals surface area contributed by atoms with Crippen molar-refractivity contribution in [2.24, 2.45) is 0 Å². The first-order valence-electron chi connectivity index (χ1n) is 7.70. The molecule has 6 heteroatoms. The zero-order chi connectivity index (χ0) is 16.9. The molecule has 122 valence electrons. The van der Waals surface area contributed by atoms with Crippen molar-refractivity contribution < 1.29 is 9.32 Å². The highest BCUT2D eigenvalue weighted by atomic mass is 16.5. The molecule has 0 fully saturated rings. The molecule has 24 heavy (non-hydrogen) atoms. The van der Waals surface area contributed by atoms with E-state index < -0.39 is 0 Å². The second kappa shape index (κ2) is 7.04. The summed E-state index contributed by atoms with van der Waals surface area (Å²) in [5.74, 6) is 0.808. The van der Waals surface area contributed by atoms with Crippen LogP contribution in [-0.2, 0) is 6.42 Å². The minimum atomic E-state index is -0.0858. The zero-order valence-corrected chi connectivity index (χ0v) is 13.6. The fraction of sp³-hybridized carbons (Fsp3) is 0.222. The molecule has 0 radical (unpaired) electrons. The molecule has 0 N–H and O–H groups in total. The van der Waals surface area contributed by atoms with Crippen LogP contribution in [0.5, 0.6) is 0 Å². The Morgan fingerprint density at radius 1 is 1.17 bits per heavy atom. The van der Waals surface area contributed by atoms with E-state index in [9.17, 15) is 4.79 Å². The molecule has 0 saturated carbocycles. The van der Waals surface area contributed by atoms with Crippen LogP contribution in [0.25, 0.3) is 11.5 Å². The molecular weight excluding hydrogens is 304 g/mol. The van der Waals surface area contributed by atoms with Gasteiger partial charge >= 0.3 is 0 Å². The summed E-state index contributed by atoms with van der Waals surface area (Å²) in [5, 5.41) is 3.80. The first-order valence-corrected chi connectivity index (χ1v) is 7.70. The van der Waals surface area contributed by atoms with Crippen LogP contribution in [-0.4, -0.2) is 39.5 Å². The standard InChI is InChI=1S/C18H18N4O2/c1-13-20-17(24-21-13)15-8-3-4-9-16(15)18(23)22(2)12-10-14-7-5-6-11-19-14/h3-9,11H,10,12H2,1-2H3. The van der Waals surface area contributed by atoms with E-state index in [1.54, 1.807) is 31.1 Å². The molecule has 0 saturated heterocycles. The maximum atomic E-state index is 12.8. The Morgan fingerprint density at radius 2 is 1.96 bits per heavy atom. The lowest BCUT2D eigenvalue weighted by Gasteiger charge is -2.18. The van der Waals surface area contributed by atoms with E-state index in [1.165, 1.54) is 0 Å². The van der Waals surface area contributed by atoms with Gasteiger partial charge in [0.2, 0.25) is 0 Å². The third kappa shape index (κ3) is 3.48. The molecule has 0 spiro atoms. The van der Waals surface area contributed by atoms with E-state index in [1.807, 2.05) is 36.4 Å². The zero-order valence-electron chi connectivity index (χ0n) is 13.6. The number of hydrogen-bond donors (Lipinski definition) is 0. The Balaban J connectivity index is 1.77. The van der Waals surface area contributed by atoms with Crippen molar-refractivity contribution in [1.82, 2.24) is 20.0 Å². The van der Waals surface area contributed by atoms with Gasteiger partial charge in [0.25, 0.3) is 11.8 Å². The predicted molar refractivity (Wildman–Crippen MR) is 89.4 cm³/mol.